The Balaban J connectivity index is 2.41. The van der Waals surface area contributed by atoms with Crippen molar-refractivity contribution in [2.75, 3.05) is 0 Å². The highest BCUT2D eigenvalue weighted by molar-refractivity contribution is 6.22. The lowest BCUT2D eigenvalue weighted by Gasteiger charge is -2.32. The summed E-state index contributed by atoms with van der Waals surface area (Å²) in [6.45, 7) is 13.3. The van der Waals surface area contributed by atoms with E-state index in [1.807, 2.05) is 18.2 Å². The molecule has 2 aromatic rings. The minimum atomic E-state index is -0.0638. The van der Waals surface area contributed by atoms with Crippen molar-refractivity contribution in [1.29, 1.82) is 0 Å². The summed E-state index contributed by atoms with van der Waals surface area (Å²) in [5, 5.41) is 0. The first kappa shape index (κ1) is 15.0. The van der Waals surface area contributed by atoms with Crippen molar-refractivity contribution < 1.29 is 4.79 Å². The van der Waals surface area contributed by atoms with E-state index in [0.29, 0.717) is 0 Å². The van der Waals surface area contributed by atoms with Crippen LogP contribution >= 0.6 is 0 Å². The molecule has 0 fully saturated rings. The summed E-state index contributed by atoms with van der Waals surface area (Å²) in [4.78, 5) is 13.0. The topological polar surface area (TPSA) is 17.1 Å². The van der Waals surface area contributed by atoms with Gasteiger partial charge in [-0.1, -0.05) is 77.9 Å². The number of benzene rings is 2. The molecule has 0 amide bonds. The van der Waals surface area contributed by atoms with Gasteiger partial charge in [-0.05, 0) is 33.1 Å². The van der Waals surface area contributed by atoms with Crippen molar-refractivity contribution in [3.05, 3.63) is 58.7 Å². The second-order valence-corrected chi connectivity index (χ2v) is 8.29. The van der Waals surface area contributed by atoms with Gasteiger partial charge < -0.3 is 0 Å². The van der Waals surface area contributed by atoms with Gasteiger partial charge >= 0.3 is 0 Å². The highest BCUT2D eigenvalue weighted by Crippen LogP contribution is 2.45. The highest BCUT2D eigenvalue weighted by atomic mass is 16.1. The molecule has 0 N–H and O–H groups in total. The fourth-order valence-corrected chi connectivity index (χ4v) is 3.52. The maximum absolute atomic E-state index is 13.0. The Morgan fingerprint density at radius 2 is 1.27 bits per heavy atom. The Kier molecular flexibility index (Phi) is 3.11. The van der Waals surface area contributed by atoms with Gasteiger partial charge in [0, 0.05) is 11.1 Å². The lowest BCUT2D eigenvalue weighted by Crippen LogP contribution is -2.25. The second kappa shape index (κ2) is 4.55. The summed E-state index contributed by atoms with van der Waals surface area (Å²) in [5.41, 5.74) is 6.37. The van der Waals surface area contributed by atoms with Gasteiger partial charge in [0.15, 0.2) is 5.78 Å². The van der Waals surface area contributed by atoms with Crippen LogP contribution in [0.2, 0.25) is 0 Å². The Labute approximate surface area is 133 Å². The molecule has 0 bridgehead atoms. The Bertz CT molecular complexity index is 767. The third-order valence-electron chi connectivity index (χ3n) is 4.45. The maximum Gasteiger partial charge on any atom is 0.194 e. The SMILES string of the molecule is CC(C)(C)c1ccc2c(c1C(C)(C)C)C(=O)c1ccccc1-2. The molecule has 0 radical (unpaired) electrons. The van der Waals surface area contributed by atoms with Crippen LogP contribution in [0.15, 0.2) is 36.4 Å². The molecule has 0 heterocycles. The van der Waals surface area contributed by atoms with Crippen molar-refractivity contribution in [3.8, 4) is 11.1 Å². The number of carbonyl (C=O) groups is 1. The minimum Gasteiger partial charge on any atom is -0.289 e. The molecule has 1 heteroatoms. The molecule has 2 aromatic carbocycles. The van der Waals surface area contributed by atoms with E-state index in [2.05, 4.69) is 59.7 Å². The molecular weight excluding hydrogens is 268 g/mol. The summed E-state index contributed by atoms with van der Waals surface area (Å²) >= 11 is 0. The summed E-state index contributed by atoms with van der Waals surface area (Å²) in [7, 11) is 0. The molecule has 0 saturated heterocycles. The zero-order valence-corrected chi connectivity index (χ0v) is 14.4. The van der Waals surface area contributed by atoms with Gasteiger partial charge in [0.05, 0.1) is 0 Å². The van der Waals surface area contributed by atoms with Gasteiger partial charge in [0.25, 0.3) is 0 Å². The van der Waals surface area contributed by atoms with Crippen LogP contribution in [0.4, 0.5) is 0 Å². The molecule has 0 spiro atoms. The van der Waals surface area contributed by atoms with Crippen LogP contribution in [0.5, 0.6) is 0 Å². The Hall–Kier alpha value is -1.89. The first-order chi connectivity index (χ1) is 10.1. The monoisotopic (exact) mass is 292 g/mol. The summed E-state index contributed by atoms with van der Waals surface area (Å²) in [5.74, 6) is 0.182. The van der Waals surface area contributed by atoms with Crippen molar-refractivity contribution in [3.63, 3.8) is 0 Å². The Morgan fingerprint density at radius 3 is 1.82 bits per heavy atom. The van der Waals surface area contributed by atoms with Gasteiger partial charge in [0.2, 0.25) is 0 Å². The second-order valence-electron chi connectivity index (χ2n) is 8.29. The average Bonchev–Trinajstić information content (AvgIpc) is 2.70. The number of rotatable bonds is 0. The van der Waals surface area contributed by atoms with Crippen LogP contribution in [0, 0.1) is 0 Å². The van der Waals surface area contributed by atoms with E-state index in [9.17, 15) is 4.79 Å². The zero-order chi connectivity index (χ0) is 16.3. The largest absolute Gasteiger partial charge is 0.289 e. The first-order valence-electron chi connectivity index (χ1n) is 7.94. The van der Waals surface area contributed by atoms with Crippen molar-refractivity contribution in [1.82, 2.24) is 0 Å². The molecule has 0 saturated carbocycles. The molecule has 1 nitrogen and oxygen atoms in total. The van der Waals surface area contributed by atoms with Crippen LogP contribution < -0.4 is 0 Å². The van der Waals surface area contributed by atoms with Gasteiger partial charge in [-0.3, -0.25) is 4.79 Å². The van der Waals surface area contributed by atoms with E-state index in [1.165, 1.54) is 11.1 Å². The predicted molar refractivity (Wildman–Crippen MR) is 92.7 cm³/mol. The third-order valence-corrected chi connectivity index (χ3v) is 4.45. The maximum atomic E-state index is 13.0. The molecular formula is C21H24O. The third kappa shape index (κ3) is 2.11. The molecule has 114 valence electrons. The zero-order valence-electron chi connectivity index (χ0n) is 14.4. The normalized spacial score (nSPS) is 14.0. The van der Waals surface area contributed by atoms with Crippen LogP contribution in [0.25, 0.3) is 11.1 Å². The molecule has 0 unspecified atom stereocenters. The molecule has 1 aliphatic rings. The molecule has 0 aliphatic heterocycles. The van der Waals surface area contributed by atoms with Crippen molar-refractivity contribution in [2.24, 2.45) is 0 Å². The fraction of sp³-hybridized carbons (Fsp3) is 0.381. The molecule has 0 atom stereocenters. The number of fused-ring (bicyclic) bond motifs is 3. The number of carbonyl (C=O) groups excluding carboxylic acids is 1. The summed E-state index contributed by atoms with van der Waals surface area (Å²) < 4.78 is 0. The number of hydrogen-bond acceptors (Lipinski definition) is 1. The molecule has 22 heavy (non-hydrogen) atoms. The fourth-order valence-electron chi connectivity index (χ4n) is 3.52. The van der Waals surface area contributed by atoms with Gasteiger partial charge in [-0.15, -0.1) is 0 Å². The molecule has 3 rings (SSSR count). The lowest BCUT2D eigenvalue weighted by molar-refractivity contribution is 0.104. The number of hydrogen-bond donors (Lipinski definition) is 0. The quantitative estimate of drug-likeness (QED) is 0.535. The summed E-state index contributed by atoms with van der Waals surface area (Å²) in [6.07, 6.45) is 0. The van der Waals surface area contributed by atoms with Gasteiger partial charge in [-0.25, -0.2) is 0 Å². The smallest absolute Gasteiger partial charge is 0.194 e. The molecule has 0 aromatic heterocycles. The molecule has 1 aliphatic carbocycles. The van der Waals surface area contributed by atoms with Gasteiger partial charge in [-0.2, -0.15) is 0 Å². The average molecular weight is 292 g/mol. The van der Waals surface area contributed by atoms with Crippen molar-refractivity contribution >= 4 is 5.78 Å². The Morgan fingerprint density at radius 1 is 0.682 bits per heavy atom. The van der Waals surface area contributed by atoms with Crippen LogP contribution in [0.1, 0.15) is 68.6 Å². The van der Waals surface area contributed by atoms with Crippen molar-refractivity contribution in [2.45, 2.75) is 52.4 Å². The van der Waals surface area contributed by atoms with E-state index in [0.717, 1.165) is 22.3 Å². The van der Waals surface area contributed by atoms with Crippen LogP contribution in [0.3, 0.4) is 0 Å². The van der Waals surface area contributed by atoms with E-state index in [-0.39, 0.29) is 16.6 Å². The standard InChI is InChI=1S/C21H24O/c1-20(2,3)16-12-11-14-13-9-7-8-10-15(13)19(22)17(14)18(16)21(4,5)6/h7-12H,1-6H3. The predicted octanol–water partition coefficient (Wildman–Crippen LogP) is 5.49. The number of ketones is 1. The van der Waals surface area contributed by atoms with E-state index in [4.69, 9.17) is 0 Å². The highest BCUT2D eigenvalue weighted by Gasteiger charge is 2.36. The van der Waals surface area contributed by atoms with Gasteiger partial charge in [0.1, 0.15) is 0 Å². The minimum absolute atomic E-state index is 0.0205. The summed E-state index contributed by atoms with van der Waals surface area (Å²) in [6, 6.07) is 12.3. The first-order valence-corrected chi connectivity index (χ1v) is 7.94. The van der Waals surface area contributed by atoms with Crippen LogP contribution in [-0.4, -0.2) is 5.78 Å². The van der Waals surface area contributed by atoms with E-state index in [1.54, 1.807) is 0 Å². The van der Waals surface area contributed by atoms with E-state index >= 15 is 0 Å². The van der Waals surface area contributed by atoms with Crippen LogP contribution in [-0.2, 0) is 10.8 Å². The van der Waals surface area contributed by atoms with E-state index < -0.39 is 0 Å². The lowest BCUT2D eigenvalue weighted by atomic mass is 9.72.